The maximum atomic E-state index is 6.27. The summed E-state index contributed by atoms with van der Waals surface area (Å²) in [5.41, 5.74) is 13.0. The number of rotatable bonds is 4. The number of para-hydroxylation sites is 1. The van der Waals surface area contributed by atoms with E-state index in [1.807, 2.05) is 6.07 Å². The molecule has 0 radical (unpaired) electrons. The molecule has 1 aliphatic rings. The molecule has 0 spiro atoms. The van der Waals surface area contributed by atoms with Crippen LogP contribution in [0.3, 0.4) is 0 Å². The molecule has 2 heteroatoms. The number of nitrogens with zero attached hydrogens (tertiary/aromatic N) is 1. The minimum absolute atomic E-state index is 0.0382. The molecule has 0 saturated heterocycles. The highest BCUT2D eigenvalue weighted by atomic mass is 16.3. The van der Waals surface area contributed by atoms with Crippen molar-refractivity contribution < 1.29 is 4.42 Å². The van der Waals surface area contributed by atoms with Crippen molar-refractivity contribution in [1.29, 1.82) is 0 Å². The highest BCUT2D eigenvalue weighted by Gasteiger charge is 2.35. The number of hydrogen-bond donors (Lipinski definition) is 0. The van der Waals surface area contributed by atoms with E-state index in [1.165, 1.54) is 44.2 Å². The van der Waals surface area contributed by atoms with Gasteiger partial charge in [-0.05, 0) is 92.7 Å². The minimum Gasteiger partial charge on any atom is -0.456 e. The summed E-state index contributed by atoms with van der Waals surface area (Å²) in [6.07, 6.45) is 0. The molecule has 0 atom stereocenters. The van der Waals surface area contributed by atoms with Gasteiger partial charge in [-0.25, -0.2) is 0 Å². The van der Waals surface area contributed by atoms with E-state index in [0.29, 0.717) is 0 Å². The first-order valence-electron chi connectivity index (χ1n) is 15.6. The maximum Gasteiger partial charge on any atom is 0.136 e. The van der Waals surface area contributed by atoms with Gasteiger partial charge < -0.3 is 9.32 Å². The molecular weight excluding hydrogens is 546 g/mol. The molecule has 8 aromatic rings. The van der Waals surface area contributed by atoms with Crippen LogP contribution in [-0.2, 0) is 5.41 Å². The van der Waals surface area contributed by atoms with E-state index >= 15 is 0 Å². The van der Waals surface area contributed by atoms with E-state index in [0.717, 1.165) is 39.0 Å². The largest absolute Gasteiger partial charge is 0.456 e. The number of furan rings is 1. The van der Waals surface area contributed by atoms with Gasteiger partial charge in [-0.1, -0.05) is 117 Å². The second kappa shape index (κ2) is 9.70. The van der Waals surface area contributed by atoms with Crippen LogP contribution in [0.1, 0.15) is 25.0 Å². The molecule has 0 amide bonds. The first-order valence-corrected chi connectivity index (χ1v) is 15.6. The average molecular weight is 578 g/mol. The predicted octanol–water partition coefficient (Wildman–Crippen LogP) is 12.2. The summed E-state index contributed by atoms with van der Waals surface area (Å²) in [5.74, 6) is 0. The van der Waals surface area contributed by atoms with Gasteiger partial charge in [-0.2, -0.15) is 0 Å². The number of hydrogen-bond acceptors (Lipinski definition) is 2. The third-order valence-electron chi connectivity index (χ3n) is 9.66. The average Bonchev–Trinajstić information content (AvgIpc) is 3.58. The Balaban J connectivity index is 1.27. The zero-order valence-electron chi connectivity index (χ0n) is 25.3. The van der Waals surface area contributed by atoms with Crippen LogP contribution in [0.2, 0.25) is 0 Å². The summed E-state index contributed by atoms with van der Waals surface area (Å²) in [6, 6.07) is 54.8. The van der Waals surface area contributed by atoms with Crippen LogP contribution >= 0.6 is 0 Å². The SMILES string of the molecule is CC1(C)c2ccccc2-c2cc(N(c3ccc(-c4ccccc4)cc3)c3ccc4ccc5oc6ccccc6c5c4c3)ccc21. The fraction of sp³-hybridized carbons (Fsp3) is 0.0698. The molecule has 9 rings (SSSR count). The van der Waals surface area contributed by atoms with E-state index in [4.69, 9.17) is 4.42 Å². The van der Waals surface area contributed by atoms with Gasteiger partial charge in [0.2, 0.25) is 0 Å². The molecule has 1 heterocycles. The second-order valence-electron chi connectivity index (χ2n) is 12.6. The van der Waals surface area contributed by atoms with Crippen LogP contribution in [-0.4, -0.2) is 0 Å². The number of anilines is 3. The quantitative estimate of drug-likeness (QED) is 0.207. The fourth-order valence-corrected chi connectivity index (χ4v) is 7.40. The molecule has 1 aromatic heterocycles. The van der Waals surface area contributed by atoms with Gasteiger partial charge in [0.05, 0.1) is 0 Å². The van der Waals surface area contributed by atoms with Crippen LogP contribution in [0.15, 0.2) is 156 Å². The van der Waals surface area contributed by atoms with Gasteiger partial charge >= 0.3 is 0 Å². The monoisotopic (exact) mass is 577 g/mol. The van der Waals surface area contributed by atoms with Gasteiger partial charge in [0.15, 0.2) is 0 Å². The Morgan fingerprint density at radius 3 is 1.98 bits per heavy atom. The predicted molar refractivity (Wildman–Crippen MR) is 189 cm³/mol. The van der Waals surface area contributed by atoms with Crippen LogP contribution in [0.25, 0.3) is 55.0 Å². The Morgan fingerprint density at radius 1 is 0.467 bits per heavy atom. The lowest BCUT2D eigenvalue weighted by atomic mass is 9.82. The zero-order valence-corrected chi connectivity index (χ0v) is 25.3. The Bertz CT molecular complexity index is 2400. The summed E-state index contributed by atoms with van der Waals surface area (Å²) in [7, 11) is 0. The van der Waals surface area contributed by atoms with Crippen molar-refractivity contribution in [3.8, 4) is 22.3 Å². The minimum atomic E-state index is -0.0382. The van der Waals surface area contributed by atoms with Gasteiger partial charge in [0.25, 0.3) is 0 Å². The van der Waals surface area contributed by atoms with E-state index in [2.05, 4.69) is 164 Å². The zero-order chi connectivity index (χ0) is 30.1. The van der Waals surface area contributed by atoms with E-state index in [-0.39, 0.29) is 5.41 Å². The van der Waals surface area contributed by atoms with E-state index in [9.17, 15) is 0 Å². The molecule has 0 bridgehead atoms. The smallest absolute Gasteiger partial charge is 0.136 e. The maximum absolute atomic E-state index is 6.27. The van der Waals surface area contributed by atoms with Crippen LogP contribution < -0.4 is 4.90 Å². The molecule has 0 unspecified atom stereocenters. The third kappa shape index (κ3) is 3.96. The van der Waals surface area contributed by atoms with Gasteiger partial charge in [-0.15, -0.1) is 0 Å². The highest BCUT2D eigenvalue weighted by Crippen LogP contribution is 2.51. The van der Waals surface area contributed by atoms with Crippen molar-refractivity contribution in [2.45, 2.75) is 19.3 Å². The van der Waals surface area contributed by atoms with Crippen LogP contribution in [0.4, 0.5) is 17.1 Å². The summed E-state index contributed by atoms with van der Waals surface area (Å²) in [6.45, 7) is 4.67. The fourth-order valence-electron chi connectivity index (χ4n) is 7.40. The Labute approximate surface area is 262 Å². The lowest BCUT2D eigenvalue weighted by Gasteiger charge is -2.27. The van der Waals surface area contributed by atoms with E-state index in [1.54, 1.807) is 0 Å². The van der Waals surface area contributed by atoms with Crippen LogP contribution in [0.5, 0.6) is 0 Å². The first kappa shape index (κ1) is 25.9. The molecule has 2 nitrogen and oxygen atoms in total. The molecule has 0 fully saturated rings. The number of fused-ring (bicyclic) bond motifs is 8. The Hall–Kier alpha value is -5.60. The van der Waals surface area contributed by atoms with Crippen molar-refractivity contribution in [2.75, 3.05) is 4.90 Å². The normalized spacial score (nSPS) is 13.3. The Morgan fingerprint density at radius 2 is 1.11 bits per heavy atom. The summed E-state index contributed by atoms with van der Waals surface area (Å²) in [5, 5.41) is 4.69. The molecular formula is C43H31NO. The molecule has 7 aromatic carbocycles. The standard InChI is InChI=1S/C43H31NO/c1-43(2)38-14-8-6-12-34(38)37-27-33(23-24-39(37)43)44(31-20-16-29(17-21-31)28-10-4-3-5-11-28)32-22-18-30-19-25-41-42(36(30)26-32)35-13-7-9-15-40(35)45-41/h3-27H,1-2H3. The summed E-state index contributed by atoms with van der Waals surface area (Å²) >= 11 is 0. The van der Waals surface area contributed by atoms with Crippen molar-refractivity contribution >= 4 is 49.8 Å². The van der Waals surface area contributed by atoms with E-state index < -0.39 is 0 Å². The lowest BCUT2D eigenvalue weighted by molar-refractivity contribution is 0.660. The highest BCUT2D eigenvalue weighted by molar-refractivity contribution is 6.19. The molecule has 0 saturated carbocycles. The molecule has 1 aliphatic carbocycles. The second-order valence-corrected chi connectivity index (χ2v) is 12.6. The van der Waals surface area contributed by atoms with Gasteiger partial charge in [-0.3, -0.25) is 0 Å². The first-order chi connectivity index (χ1) is 22.1. The molecule has 0 aliphatic heterocycles. The van der Waals surface area contributed by atoms with Crippen molar-refractivity contribution in [1.82, 2.24) is 0 Å². The Kier molecular flexibility index (Phi) is 5.58. The van der Waals surface area contributed by atoms with Crippen molar-refractivity contribution in [3.05, 3.63) is 163 Å². The van der Waals surface area contributed by atoms with Gasteiger partial charge in [0.1, 0.15) is 11.2 Å². The van der Waals surface area contributed by atoms with Crippen molar-refractivity contribution in [3.63, 3.8) is 0 Å². The van der Waals surface area contributed by atoms with Crippen LogP contribution in [0, 0.1) is 0 Å². The third-order valence-corrected chi connectivity index (χ3v) is 9.66. The van der Waals surface area contributed by atoms with Crippen molar-refractivity contribution in [2.24, 2.45) is 0 Å². The lowest BCUT2D eigenvalue weighted by Crippen LogP contribution is -2.15. The molecule has 45 heavy (non-hydrogen) atoms. The topological polar surface area (TPSA) is 16.4 Å². The summed E-state index contributed by atoms with van der Waals surface area (Å²) in [4.78, 5) is 2.39. The van der Waals surface area contributed by atoms with Gasteiger partial charge in [0, 0.05) is 33.2 Å². The number of benzene rings is 7. The summed E-state index contributed by atoms with van der Waals surface area (Å²) < 4.78 is 6.27. The molecule has 0 N–H and O–H groups in total. The molecule has 214 valence electrons.